The smallest absolute Gasteiger partial charge is 0.319 e. The van der Waals surface area contributed by atoms with E-state index in [1.54, 1.807) is 6.07 Å². The van der Waals surface area contributed by atoms with Crippen LogP contribution in [0.4, 0.5) is 5.82 Å². The van der Waals surface area contributed by atoms with Crippen molar-refractivity contribution in [3.63, 3.8) is 0 Å². The lowest BCUT2D eigenvalue weighted by molar-refractivity contribution is 0.380. The minimum Gasteiger partial charge on any atom is -0.467 e. The summed E-state index contributed by atoms with van der Waals surface area (Å²) >= 11 is 5.93. The fourth-order valence-electron chi connectivity index (χ4n) is 2.43. The van der Waals surface area contributed by atoms with Crippen LogP contribution in [-0.4, -0.2) is 23.1 Å². The Morgan fingerprint density at radius 2 is 1.89 bits per heavy atom. The highest BCUT2D eigenvalue weighted by atomic mass is 35.5. The number of anilines is 1. The highest BCUT2D eigenvalue weighted by Crippen LogP contribution is 2.25. The number of rotatable bonds is 3. The van der Waals surface area contributed by atoms with Gasteiger partial charge < -0.3 is 10.1 Å². The molecule has 5 heteroatoms. The van der Waals surface area contributed by atoms with Crippen molar-refractivity contribution in [2.45, 2.75) is 18.9 Å². The number of benzene rings is 1. The molecule has 0 aliphatic heterocycles. The Kier molecular flexibility index (Phi) is 3.25. The van der Waals surface area contributed by atoms with Crippen molar-refractivity contribution in [2.75, 3.05) is 12.4 Å². The number of nitrogens with one attached hydrogen (secondary N) is 1. The third kappa shape index (κ3) is 2.63. The molecule has 1 heterocycles. The predicted molar refractivity (Wildman–Crippen MR) is 74.9 cm³/mol. The van der Waals surface area contributed by atoms with Crippen molar-refractivity contribution < 1.29 is 4.74 Å². The summed E-state index contributed by atoms with van der Waals surface area (Å²) in [5.41, 5.74) is 2.79. The van der Waals surface area contributed by atoms with E-state index in [1.165, 1.54) is 18.2 Å². The second-order valence-electron chi connectivity index (χ2n) is 4.58. The summed E-state index contributed by atoms with van der Waals surface area (Å²) in [6.45, 7) is 0. The van der Waals surface area contributed by atoms with E-state index in [0.717, 1.165) is 12.8 Å². The van der Waals surface area contributed by atoms with Crippen molar-refractivity contribution in [1.82, 2.24) is 9.97 Å². The third-order valence-electron chi connectivity index (χ3n) is 3.26. The molecule has 0 fully saturated rings. The van der Waals surface area contributed by atoms with Crippen LogP contribution < -0.4 is 10.1 Å². The summed E-state index contributed by atoms with van der Waals surface area (Å²) in [6.07, 6.45) is 2.00. The second kappa shape index (κ2) is 5.05. The molecule has 1 aromatic carbocycles. The van der Waals surface area contributed by atoms with Crippen molar-refractivity contribution in [3.8, 4) is 6.01 Å². The van der Waals surface area contributed by atoms with Crippen LogP contribution in [0.15, 0.2) is 30.3 Å². The highest BCUT2D eigenvalue weighted by Gasteiger charge is 2.21. The van der Waals surface area contributed by atoms with Gasteiger partial charge in [0.25, 0.3) is 0 Å². The Morgan fingerprint density at radius 3 is 2.53 bits per heavy atom. The van der Waals surface area contributed by atoms with Crippen LogP contribution in [0.25, 0.3) is 0 Å². The van der Waals surface area contributed by atoms with E-state index in [9.17, 15) is 0 Å². The maximum absolute atomic E-state index is 5.93. The van der Waals surface area contributed by atoms with Crippen LogP contribution in [0.2, 0.25) is 5.15 Å². The lowest BCUT2D eigenvalue weighted by Crippen LogP contribution is -2.20. The first kappa shape index (κ1) is 12.2. The molecule has 0 amide bonds. The molecular weight excluding hydrogens is 262 g/mol. The van der Waals surface area contributed by atoms with Crippen LogP contribution in [0, 0.1) is 0 Å². The minimum atomic E-state index is 0.283. The Morgan fingerprint density at radius 1 is 1.21 bits per heavy atom. The highest BCUT2D eigenvalue weighted by molar-refractivity contribution is 6.29. The van der Waals surface area contributed by atoms with Gasteiger partial charge in [-0.15, -0.1) is 0 Å². The first-order valence-corrected chi connectivity index (χ1v) is 6.54. The second-order valence-corrected chi connectivity index (χ2v) is 4.97. The van der Waals surface area contributed by atoms with Gasteiger partial charge in [-0.3, -0.25) is 0 Å². The zero-order valence-corrected chi connectivity index (χ0v) is 11.3. The number of ether oxygens (including phenoxy) is 1. The molecule has 0 saturated heterocycles. The molecule has 3 rings (SSSR count). The van der Waals surface area contributed by atoms with Crippen molar-refractivity contribution in [2.24, 2.45) is 0 Å². The van der Waals surface area contributed by atoms with Gasteiger partial charge in [-0.1, -0.05) is 35.9 Å². The van der Waals surface area contributed by atoms with E-state index in [0.29, 0.717) is 17.0 Å². The molecule has 0 radical (unpaired) electrons. The quantitative estimate of drug-likeness (QED) is 0.875. The van der Waals surface area contributed by atoms with Crippen molar-refractivity contribution >= 4 is 17.4 Å². The lowest BCUT2D eigenvalue weighted by atomic mass is 10.1. The molecule has 1 aromatic heterocycles. The Bertz CT molecular complexity index is 578. The van der Waals surface area contributed by atoms with E-state index < -0.39 is 0 Å². The summed E-state index contributed by atoms with van der Waals surface area (Å²) in [5, 5.41) is 3.77. The molecule has 0 spiro atoms. The van der Waals surface area contributed by atoms with Gasteiger partial charge in [-0.25, -0.2) is 0 Å². The number of nitrogens with zero attached hydrogens (tertiary/aromatic N) is 2. The van der Waals surface area contributed by atoms with Gasteiger partial charge in [0.15, 0.2) is 0 Å². The summed E-state index contributed by atoms with van der Waals surface area (Å²) in [7, 11) is 1.53. The number of methoxy groups -OCH3 is 1. The molecule has 1 N–H and O–H groups in total. The molecule has 1 aliphatic rings. The van der Waals surface area contributed by atoms with E-state index in [1.807, 2.05) is 0 Å². The largest absolute Gasteiger partial charge is 0.467 e. The fraction of sp³-hybridized carbons (Fsp3) is 0.286. The normalized spacial score (nSPS) is 14.2. The van der Waals surface area contributed by atoms with Gasteiger partial charge in [0.2, 0.25) is 0 Å². The standard InChI is InChI=1S/C14H14ClN3O/c1-19-14-17-12(15)8-13(18-14)16-11-6-9-4-2-3-5-10(9)7-11/h2-5,8,11H,6-7H2,1H3,(H,16,17,18). The van der Waals surface area contributed by atoms with E-state index in [2.05, 4.69) is 39.6 Å². The summed E-state index contributed by atoms with van der Waals surface area (Å²) in [6, 6.07) is 10.8. The van der Waals surface area contributed by atoms with Gasteiger partial charge >= 0.3 is 6.01 Å². The van der Waals surface area contributed by atoms with E-state index >= 15 is 0 Å². The number of halogens is 1. The Hall–Kier alpha value is -1.81. The SMILES string of the molecule is COc1nc(Cl)cc(NC2Cc3ccccc3C2)n1. The number of fused-ring (bicyclic) bond motifs is 1. The van der Waals surface area contributed by atoms with Crippen LogP contribution in [-0.2, 0) is 12.8 Å². The molecule has 0 saturated carbocycles. The average molecular weight is 276 g/mol. The summed E-state index contributed by atoms with van der Waals surface area (Å²) in [5.74, 6) is 0.703. The number of hydrogen-bond donors (Lipinski definition) is 1. The summed E-state index contributed by atoms with van der Waals surface area (Å²) < 4.78 is 5.02. The molecule has 0 atom stereocenters. The summed E-state index contributed by atoms with van der Waals surface area (Å²) in [4.78, 5) is 8.21. The van der Waals surface area contributed by atoms with E-state index in [-0.39, 0.29) is 6.01 Å². The minimum absolute atomic E-state index is 0.283. The zero-order valence-electron chi connectivity index (χ0n) is 10.6. The molecule has 0 bridgehead atoms. The fourth-order valence-corrected chi connectivity index (χ4v) is 2.61. The van der Waals surface area contributed by atoms with Gasteiger partial charge in [0.1, 0.15) is 11.0 Å². The monoisotopic (exact) mass is 275 g/mol. The molecule has 4 nitrogen and oxygen atoms in total. The van der Waals surface area contributed by atoms with Crippen LogP contribution in [0.1, 0.15) is 11.1 Å². The molecule has 19 heavy (non-hydrogen) atoms. The van der Waals surface area contributed by atoms with Gasteiger partial charge in [0.05, 0.1) is 7.11 Å². The Balaban J connectivity index is 1.75. The number of aromatic nitrogens is 2. The van der Waals surface area contributed by atoms with Crippen LogP contribution in [0.3, 0.4) is 0 Å². The van der Waals surface area contributed by atoms with Gasteiger partial charge in [0, 0.05) is 12.1 Å². The topological polar surface area (TPSA) is 47.0 Å². The maximum Gasteiger partial charge on any atom is 0.319 e. The van der Waals surface area contributed by atoms with Crippen LogP contribution in [0.5, 0.6) is 6.01 Å². The third-order valence-corrected chi connectivity index (χ3v) is 3.45. The van der Waals surface area contributed by atoms with Crippen LogP contribution >= 0.6 is 11.6 Å². The van der Waals surface area contributed by atoms with Gasteiger partial charge in [-0.05, 0) is 24.0 Å². The first-order valence-electron chi connectivity index (χ1n) is 6.16. The van der Waals surface area contributed by atoms with Crippen molar-refractivity contribution in [1.29, 1.82) is 0 Å². The Labute approximate surface area is 116 Å². The molecule has 2 aromatic rings. The van der Waals surface area contributed by atoms with E-state index in [4.69, 9.17) is 16.3 Å². The lowest BCUT2D eigenvalue weighted by Gasteiger charge is -2.13. The molecule has 0 unspecified atom stereocenters. The maximum atomic E-state index is 5.93. The van der Waals surface area contributed by atoms with Crippen molar-refractivity contribution in [3.05, 3.63) is 46.6 Å². The molecular formula is C14H14ClN3O. The molecule has 98 valence electrons. The molecule has 1 aliphatic carbocycles. The average Bonchev–Trinajstić information content (AvgIpc) is 2.80. The predicted octanol–water partition coefficient (Wildman–Crippen LogP) is 2.72. The number of hydrogen-bond acceptors (Lipinski definition) is 4. The zero-order chi connectivity index (χ0) is 13.2. The van der Waals surface area contributed by atoms with Gasteiger partial charge in [-0.2, -0.15) is 9.97 Å². The first-order chi connectivity index (χ1) is 9.24.